The zero-order valence-electron chi connectivity index (χ0n) is 19.0. The lowest BCUT2D eigenvalue weighted by atomic mass is 10.0. The van der Waals surface area contributed by atoms with E-state index in [9.17, 15) is 17.6 Å². The molecule has 174 valence electrons. The summed E-state index contributed by atoms with van der Waals surface area (Å²) in [6, 6.07) is 10.1. The molecule has 0 aromatic heterocycles. The first-order valence-electron chi connectivity index (χ1n) is 10.7. The summed E-state index contributed by atoms with van der Waals surface area (Å²) in [4.78, 5) is 17.5. The SMILES string of the molecule is CCN1CCN(c2ccc(F)cc2[C@@H](C)NC(=O)c2cccc(S(=O)(=O)N(C)C)c2)CC1. The van der Waals surface area contributed by atoms with Crippen molar-refractivity contribution in [3.63, 3.8) is 0 Å². The first-order chi connectivity index (χ1) is 15.1. The molecule has 1 saturated heterocycles. The van der Waals surface area contributed by atoms with Crippen LogP contribution in [0.25, 0.3) is 0 Å². The number of anilines is 1. The Bertz CT molecular complexity index is 1070. The summed E-state index contributed by atoms with van der Waals surface area (Å²) in [5.41, 5.74) is 1.83. The van der Waals surface area contributed by atoms with E-state index in [-0.39, 0.29) is 16.3 Å². The predicted molar refractivity (Wildman–Crippen MR) is 124 cm³/mol. The maximum atomic E-state index is 14.1. The van der Waals surface area contributed by atoms with Crippen LogP contribution in [0, 0.1) is 5.82 Å². The maximum Gasteiger partial charge on any atom is 0.251 e. The summed E-state index contributed by atoms with van der Waals surface area (Å²) in [7, 11) is -0.773. The van der Waals surface area contributed by atoms with Gasteiger partial charge in [-0.15, -0.1) is 0 Å². The van der Waals surface area contributed by atoms with Gasteiger partial charge in [0.25, 0.3) is 5.91 Å². The van der Waals surface area contributed by atoms with Gasteiger partial charge in [0, 0.05) is 57.1 Å². The molecule has 0 aliphatic carbocycles. The molecular formula is C23H31FN4O3S. The minimum absolute atomic E-state index is 0.0445. The number of likely N-dealkylation sites (N-methyl/N-ethyl adjacent to an activating group) is 1. The average molecular weight is 463 g/mol. The van der Waals surface area contributed by atoms with Crippen molar-refractivity contribution in [2.45, 2.75) is 24.8 Å². The van der Waals surface area contributed by atoms with Crippen LogP contribution in [-0.4, -0.2) is 70.3 Å². The van der Waals surface area contributed by atoms with Gasteiger partial charge in [0.2, 0.25) is 10.0 Å². The third-order valence-electron chi connectivity index (χ3n) is 5.84. The molecule has 0 bridgehead atoms. The number of carbonyl (C=O) groups excluding carboxylic acids is 1. The topological polar surface area (TPSA) is 73.0 Å². The highest BCUT2D eigenvalue weighted by atomic mass is 32.2. The molecule has 0 spiro atoms. The van der Waals surface area contributed by atoms with Gasteiger partial charge >= 0.3 is 0 Å². The van der Waals surface area contributed by atoms with E-state index < -0.39 is 22.0 Å². The van der Waals surface area contributed by atoms with E-state index in [0.717, 1.165) is 42.7 Å². The fourth-order valence-corrected chi connectivity index (χ4v) is 4.78. The lowest BCUT2D eigenvalue weighted by molar-refractivity contribution is 0.0939. The molecular weight excluding hydrogens is 431 g/mol. The molecule has 1 aliphatic heterocycles. The van der Waals surface area contributed by atoms with Crippen LogP contribution in [0.1, 0.15) is 35.8 Å². The number of hydrogen-bond donors (Lipinski definition) is 1. The molecule has 9 heteroatoms. The maximum absolute atomic E-state index is 14.1. The van der Waals surface area contributed by atoms with E-state index in [0.29, 0.717) is 5.56 Å². The molecule has 1 heterocycles. The number of sulfonamides is 1. The minimum atomic E-state index is -3.65. The number of nitrogens with one attached hydrogen (secondary N) is 1. The Morgan fingerprint density at radius 3 is 2.44 bits per heavy atom. The Hall–Kier alpha value is -2.49. The zero-order chi connectivity index (χ0) is 23.5. The van der Waals surface area contributed by atoms with Crippen LogP contribution in [0.4, 0.5) is 10.1 Å². The van der Waals surface area contributed by atoms with Crippen LogP contribution in [0.3, 0.4) is 0 Å². The molecule has 2 aromatic rings. The molecule has 2 aromatic carbocycles. The van der Waals surface area contributed by atoms with E-state index in [1.165, 1.54) is 44.4 Å². The fraction of sp³-hybridized carbons (Fsp3) is 0.435. The van der Waals surface area contributed by atoms with Gasteiger partial charge in [0.1, 0.15) is 5.82 Å². The highest BCUT2D eigenvalue weighted by Crippen LogP contribution is 2.29. The van der Waals surface area contributed by atoms with Gasteiger partial charge in [0.05, 0.1) is 10.9 Å². The molecule has 1 aliphatic rings. The summed E-state index contributed by atoms with van der Waals surface area (Å²) < 4.78 is 40.0. The largest absolute Gasteiger partial charge is 0.369 e. The van der Waals surface area contributed by atoms with Crippen molar-refractivity contribution in [3.8, 4) is 0 Å². The second-order valence-electron chi connectivity index (χ2n) is 8.13. The van der Waals surface area contributed by atoms with Crippen molar-refractivity contribution < 1.29 is 17.6 Å². The molecule has 1 amide bonds. The number of piperazine rings is 1. The smallest absolute Gasteiger partial charge is 0.251 e. The Balaban J connectivity index is 1.81. The Morgan fingerprint density at radius 2 is 1.81 bits per heavy atom. The number of hydrogen-bond acceptors (Lipinski definition) is 5. The molecule has 1 N–H and O–H groups in total. The van der Waals surface area contributed by atoms with E-state index in [4.69, 9.17) is 0 Å². The van der Waals surface area contributed by atoms with Gasteiger partial charge in [-0.25, -0.2) is 17.1 Å². The second-order valence-corrected chi connectivity index (χ2v) is 10.3. The standard InChI is InChI=1S/C23H31FN4O3S/c1-5-27-11-13-28(14-12-27)22-10-9-19(24)16-21(22)17(2)25-23(29)18-7-6-8-20(15-18)32(30,31)26(3)4/h6-10,15-17H,5,11-14H2,1-4H3,(H,25,29)/t17-/m1/s1. The summed E-state index contributed by atoms with van der Waals surface area (Å²) in [5.74, 6) is -0.782. The Morgan fingerprint density at radius 1 is 1.12 bits per heavy atom. The Labute approximate surface area is 189 Å². The highest BCUT2D eigenvalue weighted by Gasteiger charge is 2.23. The van der Waals surface area contributed by atoms with Crippen LogP contribution in [0.2, 0.25) is 0 Å². The minimum Gasteiger partial charge on any atom is -0.369 e. The highest BCUT2D eigenvalue weighted by molar-refractivity contribution is 7.89. The fourth-order valence-electron chi connectivity index (χ4n) is 3.83. The van der Waals surface area contributed by atoms with Crippen LogP contribution in [-0.2, 0) is 10.0 Å². The van der Waals surface area contributed by atoms with E-state index >= 15 is 0 Å². The van der Waals surface area contributed by atoms with Gasteiger partial charge in [-0.3, -0.25) is 4.79 Å². The van der Waals surface area contributed by atoms with Crippen molar-refractivity contribution in [1.82, 2.24) is 14.5 Å². The third-order valence-corrected chi connectivity index (χ3v) is 7.65. The third kappa shape index (κ3) is 5.28. The molecule has 1 atom stereocenters. The van der Waals surface area contributed by atoms with Crippen LogP contribution in [0.5, 0.6) is 0 Å². The lowest BCUT2D eigenvalue weighted by Crippen LogP contribution is -2.46. The van der Waals surface area contributed by atoms with Gasteiger partial charge < -0.3 is 15.1 Å². The quantitative estimate of drug-likeness (QED) is 0.685. The summed E-state index contributed by atoms with van der Waals surface area (Å²) in [6.07, 6.45) is 0. The number of carbonyl (C=O) groups is 1. The molecule has 7 nitrogen and oxygen atoms in total. The van der Waals surface area contributed by atoms with Crippen molar-refractivity contribution in [2.24, 2.45) is 0 Å². The van der Waals surface area contributed by atoms with Crippen molar-refractivity contribution in [1.29, 1.82) is 0 Å². The number of amides is 1. The van der Waals surface area contributed by atoms with Gasteiger partial charge in [-0.2, -0.15) is 0 Å². The Kier molecular flexibility index (Phi) is 7.53. The first kappa shape index (κ1) is 24.2. The van der Waals surface area contributed by atoms with Gasteiger partial charge in [-0.1, -0.05) is 13.0 Å². The number of nitrogens with zero attached hydrogens (tertiary/aromatic N) is 3. The summed E-state index contributed by atoms with van der Waals surface area (Å²) in [5, 5.41) is 2.90. The predicted octanol–water partition coefficient (Wildman–Crippen LogP) is 2.71. The summed E-state index contributed by atoms with van der Waals surface area (Å²) in [6.45, 7) is 8.46. The van der Waals surface area contributed by atoms with Crippen molar-refractivity contribution in [2.75, 3.05) is 51.7 Å². The average Bonchev–Trinajstić information content (AvgIpc) is 2.79. The van der Waals surface area contributed by atoms with Gasteiger partial charge in [-0.05, 0) is 49.9 Å². The van der Waals surface area contributed by atoms with Crippen LogP contribution >= 0.6 is 0 Å². The number of rotatable bonds is 7. The first-order valence-corrected chi connectivity index (χ1v) is 12.2. The van der Waals surface area contributed by atoms with Crippen molar-refractivity contribution >= 4 is 21.6 Å². The summed E-state index contributed by atoms with van der Waals surface area (Å²) >= 11 is 0. The number of benzene rings is 2. The van der Waals surface area contributed by atoms with Gasteiger partial charge in [0.15, 0.2) is 0 Å². The monoisotopic (exact) mass is 462 g/mol. The molecule has 3 rings (SSSR count). The lowest BCUT2D eigenvalue weighted by Gasteiger charge is -2.37. The molecule has 0 saturated carbocycles. The zero-order valence-corrected chi connectivity index (χ0v) is 19.8. The van der Waals surface area contributed by atoms with E-state index in [2.05, 4.69) is 22.0 Å². The normalized spacial score (nSPS) is 16.2. The molecule has 0 unspecified atom stereocenters. The molecule has 1 fully saturated rings. The molecule has 0 radical (unpaired) electrons. The van der Waals surface area contributed by atoms with Crippen LogP contribution < -0.4 is 10.2 Å². The molecule has 32 heavy (non-hydrogen) atoms. The van der Waals surface area contributed by atoms with E-state index in [1.807, 2.05) is 0 Å². The second kappa shape index (κ2) is 9.97. The van der Waals surface area contributed by atoms with Crippen molar-refractivity contribution in [3.05, 3.63) is 59.4 Å². The van der Waals surface area contributed by atoms with Crippen LogP contribution in [0.15, 0.2) is 47.4 Å². The van der Waals surface area contributed by atoms with E-state index in [1.54, 1.807) is 19.1 Å². The number of halogens is 1.